The van der Waals surface area contributed by atoms with Gasteiger partial charge in [0, 0.05) is 40.6 Å². The van der Waals surface area contributed by atoms with Gasteiger partial charge in [-0.1, -0.05) is 6.07 Å². The lowest BCUT2D eigenvalue weighted by atomic mass is 9.99. The number of nitrogen functional groups attached to an aromatic ring is 1. The van der Waals surface area contributed by atoms with Crippen LogP contribution in [-0.4, -0.2) is 32.3 Å². The summed E-state index contributed by atoms with van der Waals surface area (Å²) in [4.78, 5) is 4.19. The summed E-state index contributed by atoms with van der Waals surface area (Å²) in [6.45, 7) is 1.08. The quantitative estimate of drug-likeness (QED) is 0.0650. The van der Waals surface area contributed by atoms with Gasteiger partial charge in [-0.05, 0) is 42.6 Å². The second kappa shape index (κ2) is 9.68. The van der Waals surface area contributed by atoms with E-state index >= 15 is 0 Å². The van der Waals surface area contributed by atoms with Crippen molar-refractivity contribution in [2.45, 2.75) is 16.2 Å². The fourth-order valence-corrected chi connectivity index (χ4v) is 4.52. The number of anilines is 1. The molecular weight excluding hydrogens is 402 g/mol. The van der Waals surface area contributed by atoms with Crippen LogP contribution in [0.15, 0.2) is 45.5 Å². The molecule has 0 aliphatic carbocycles. The molecule has 12 N–H and O–H groups in total. The fraction of sp³-hybridized carbons (Fsp3) is 0.200. The van der Waals surface area contributed by atoms with E-state index in [1.807, 2.05) is 0 Å². The molecule has 0 amide bonds. The van der Waals surface area contributed by atoms with E-state index < -0.39 is 10.0 Å². The molecule has 2 rings (SSSR count). The van der Waals surface area contributed by atoms with Crippen LogP contribution < -0.4 is 38.4 Å². The van der Waals surface area contributed by atoms with Crippen molar-refractivity contribution in [3.05, 3.63) is 36.2 Å². The number of nitrogens with zero attached hydrogens (tertiary/aromatic N) is 2. The van der Waals surface area contributed by atoms with Gasteiger partial charge in [-0.3, -0.25) is 9.71 Å². The third-order valence-electron chi connectivity index (χ3n) is 3.66. The zero-order chi connectivity index (χ0) is 20.7. The lowest BCUT2D eigenvalue weighted by Gasteiger charge is -2.18. The predicted molar refractivity (Wildman–Crippen MR) is 111 cm³/mol. The fourth-order valence-electron chi connectivity index (χ4n) is 2.46. The molecule has 1 heterocycles. The third-order valence-corrected chi connectivity index (χ3v) is 5.69. The van der Waals surface area contributed by atoms with Gasteiger partial charge in [0.2, 0.25) is 10.0 Å². The van der Waals surface area contributed by atoms with Crippen LogP contribution >= 0.6 is 11.9 Å². The Morgan fingerprint density at radius 1 is 1.25 bits per heavy atom. The molecular formula is C15H23N9O2S2. The molecule has 1 aromatic heterocycles. The Kier molecular flexibility index (Phi) is 7.56. The number of nitrogens with two attached hydrogens (primary N) is 5. The predicted octanol–water partition coefficient (Wildman–Crippen LogP) is -0.993. The number of hydrogen-bond donors (Lipinski definition) is 7. The van der Waals surface area contributed by atoms with Crippen molar-refractivity contribution in [2.24, 2.45) is 27.6 Å². The van der Waals surface area contributed by atoms with E-state index in [0.29, 0.717) is 34.8 Å². The summed E-state index contributed by atoms with van der Waals surface area (Å²) in [6, 6.07) is 4.86. The average Bonchev–Trinajstić information content (AvgIpc) is 2.64. The lowest BCUT2D eigenvalue weighted by molar-refractivity contribution is 0.595. The number of pyridine rings is 1. The van der Waals surface area contributed by atoms with E-state index in [-0.39, 0.29) is 16.3 Å². The number of primary sulfonamides is 1. The van der Waals surface area contributed by atoms with Crippen molar-refractivity contribution in [1.82, 2.24) is 15.2 Å². The van der Waals surface area contributed by atoms with Crippen LogP contribution in [0, 0.1) is 0 Å². The third kappa shape index (κ3) is 5.09. The zero-order valence-corrected chi connectivity index (χ0v) is 16.6. The van der Waals surface area contributed by atoms with E-state index in [0.717, 1.165) is 18.4 Å². The molecule has 13 heteroatoms. The SMILES string of the molecule is NCCCNSc1ccc(-c2cnccc2N)c(/C(N)=N/NN)c1S(N)(=O)=O. The molecule has 0 spiro atoms. The number of nitrogens with one attached hydrogen (secondary N) is 2. The average molecular weight is 426 g/mol. The number of amidine groups is 1. The first kappa shape index (κ1) is 21.9. The lowest BCUT2D eigenvalue weighted by Crippen LogP contribution is -2.27. The molecule has 0 atom stereocenters. The van der Waals surface area contributed by atoms with Crippen molar-refractivity contribution in [3.63, 3.8) is 0 Å². The second-order valence-electron chi connectivity index (χ2n) is 5.59. The van der Waals surface area contributed by atoms with Crippen LogP contribution in [0.5, 0.6) is 0 Å². The summed E-state index contributed by atoms with van der Waals surface area (Å²) in [7, 11) is -4.19. The van der Waals surface area contributed by atoms with Crippen molar-refractivity contribution < 1.29 is 8.42 Å². The largest absolute Gasteiger partial charge is 0.398 e. The van der Waals surface area contributed by atoms with Gasteiger partial charge in [0.15, 0.2) is 5.84 Å². The number of hydrogen-bond acceptors (Lipinski definition) is 10. The molecule has 0 fully saturated rings. The molecule has 0 aliphatic heterocycles. The minimum atomic E-state index is -4.19. The highest BCUT2D eigenvalue weighted by atomic mass is 32.2. The van der Waals surface area contributed by atoms with Crippen LogP contribution in [-0.2, 0) is 10.0 Å². The minimum absolute atomic E-state index is 0.0748. The maximum atomic E-state index is 12.4. The monoisotopic (exact) mass is 425 g/mol. The Bertz CT molecular complexity index is 964. The van der Waals surface area contributed by atoms with Gasteiger partial charge in [0.1, 0.15) is 4.90 Å². The van der Waals surface area contributed by atoms with Gasteiger partial charge < -0.3 is 17.2 Å². The summed E-state index contributed by atoms with van der Waals surface area (Å²) in [5.74, 6) is 5.06. The summed E-state index contributed by atoms with van der Waals surface area (Å²) in [5, 5.41) is 9.24. The summed E-state index contributed by atoms with van der Waals surface area (Å²) in [5.41, 5.74) is 20.9. The number of rotatable bonds is 9. The van der Waals surface area contributed by atoms with E-state index in [1.54, 1.807) is 18.2 Å². The highest BCUT2D eigenvalue weighted by molar-refractivity contribution is 7.98. The second-order valence-corrected chi connectivity index (χ2v) is 8.02. The molecule has 11 nitrogen and oxygen atoms in total. The Labute approximate surface area is 167 Å². The molecule has 1 aromatic carbocycles. The Morgan fingerprint density at radius 3 is 2.61 bits per heavy atom. The van der Waals surface area contributed by atoms with Gasteiger partial charge in [0.25, 0.3) is 0 Å². The van der Waals surface area contributed by atoms with Gasteiger partial charge in [-0.25, -0.2) is 24.9 Å². The van der Waals surface area contributed by atoms with E-state index in [4.69, 9.17) is 28.2 Å². The number of hydrazone groups is 1. The molecule has 152 valence electrons. The van der Waals surface area contributed by atoms with Crippen molar-refractivity contribution in [1.29, 1.82) is 0 Å². The summed E-state index contributed by atoms with van der Waals surface area (Å²) >= 11 is 1.10. The number of aromatic nitrogens is 1. The van der Waals surface area contributed by atoms with Crippen LogP contribution in [0.1, 0.15) is 12.0 Å². The summed E-state index contributed by atoms with van der Waals surface area (Å²) < 4.78 is 27.9. The number of hydrazine groups is 1. The normalized spacial score (nSPS) is 12.2. The Morgan fingerprint density at radius 2 is 2.00 bits per heavy atom. The number of sulfonamides is 1. The first-order chi connectivity index (χ1) is 13.3. The Hall–Kier alpha value is -2.42. The topological polar surface area (TPSA) is 214 Å². The van der Waals surface area contributed by atoms with E-state index in [2.05, 4.69) is 20.3 Å². The van der Waals surface area contributed by atoms with Crippen LogP contribution in [0.25, 0.3) is 11.1 Å². The molecule has 0 radical (unpaired) electrons. The van der Waals surface area contributed by atoms with Crippen molar-refractivity contribution in [3.8, 4) is 11.1 Å². The minimum Gasteiger partial charge on any atom is -0.398 e. The maximum absolute atomic E-state index is 12.4. The smallest absolute Gasteiger partial charge is 0.239 e. The maximum Gasteiger partial charge on any atom is 0.239 e. The molecule has 28 heavy (non-hydrogen) atoms. The zero-order valence-electron chi connectivity index (χ0n) is 14.9. The van der Waals surface area contributed by atoms with Crippen LogP contribution in [0.3, 0.4) is 0 Å². The highest BCUT2D eigenvalue weighted by Gasteiger charge is 2.26. The standard InChI is InChI=1S/C15H23N9O2S2/c16-5-1-6-22-27-12-3-2-9(10-8-21-7-4-11(10)17)13(15(18)23-24-19)14(12)28(20,25)26/h2-4,7-8,22,24H,1,5-6,16,19H2,(H2,17,21)(H2,18,23)(H2,20,25,26). The molecule has 0 saturated carbocycles. The molecule has 0 saturated heterocycles. The van der Waals surface area contributed by atoms with Crippen molar-refractivity contribution in [2.75, 3.05) is 18.8 Å². The molecule has 2 aromatic rings. The van der Waals surface area contributed by atoms with Gasteiger partial charge in [-0.15, -0.1) is 5.10 Å². The first-order valence-corrected chi connectivity index (χ1v) is 10.5. The first-order valence-electron chi connectivity index (χ1n) is 8.09. The van der Waals surface area contributed by atoms with Crippen LogP contribution in [0.2, 0.25) is 0 Å². The van der Waals surface area contributed by atoms with E-state index in [9.17, 15) is 8.42 Å². The summed E-state index contributed by atoms with van der Waals surface area (Å²) in [6.07, 6.45) is 3.73. The van der Waals surface area contributed by atoms with Crippen molar-refractivity contribution >= 4 is 33.5 Å². The number of benzene rings is 1. The highest BCUT2D eigenvalue weighted by Crippen LogP contribution is 2.36. The van der Waals surface area contributed by atoms with Crippen LogP contribution in [0.4, 0.5) is 5.69 Å². The Balaban J connectivity index is 2.75. The molecule has 0 bridgehead atoms. The molecule has 0 unspecified atom stereocenters. The van der Waals surface area contributed by atoms with Gasteiger partial charge >= 0.3 is 0 Å². The van der Waals surface area contributed by atoms with Gasteiger partial charge in [0.05, 0.1) is 0 Å². The van der Waals surface area contributed by atoms with E-state index in [1.165, 1.54) is 12.4 Å². The molecule has 0 aliphatic rings. The van der Waals surface area contributed by atoms with Gasteiger partial charge in [-0.2, -0.15) is 0 Å².